The third-order valence-corrected chi connectivity index (χ3v) is 2.09. The van der Waals surface area contributed by atoms with Crippen LogP contribution in [-0.2, 0) is 0 Å². The van der Waals surface area contributed by atoms with Crippen LogP contribution >= 0.6 is 0 Å². The van der Waals surface area contributed by atoms with E-state index in [4.69, 9.17) is 4.42 Å². The summed E-state index contributed by atoms with van der Waals surface area (Å²) in [4.78, 5) is 15.0. The van der Waals surface area contributed by atoms with Gasteiger partial charge in [-0.15, -0.1) is 0 Å². The molecule has 0 aliphatic heterocycles. The van der Waals surface area contributed by atoms with Gasteiger partial charge in [-0.3, -0.25) is 5.32 Å². The Hall–Kier alpha value is -1.52. The van der Waals surface area contributed by atoms with Crippen LogP contribution in [0.5, 0.6) is 0 Å². The SMILES string of the molecule is O=C(Nc1ncco1)NC1CCC1. The number of urea groups is 1. The van der Waals surface area contributed by atoms with E-state index in [1.54, 1.807) is 0 Å². The van der Waals surface area contributed by atoms with Crippen molar-refractivity contribution < 1.29 is 9.21 Å². The predicted molar refractivity (Wildman–Crippen MR) is 46.3 cm³/mol. The van der Waals surface area contributed by atoms with Gasteiger partial charge in [0.2, 0.25) is 0 Å². The van der Waals surface area contributed by atoms with Crippen LogP contribution in [0.1, 0.15) is 19.3 Å². The van der Waals surface area contributed by atoms with Crippen molar-refractivity contribution in [2.75, 3.05) is 5.32 Å². The van der Waals surface area contributed by atoms with E-state index < -0.39 is 0 Å². The van der Waals surface area contributed by atoms with E-state index >= 15 is 0 Å². The maximum absolute atomic E-state index is 11.2. The van der Waals surface area contributed by atoms with Crippen LogP contribution in [0.2, 0.25) is 0 Å². The summed E-state index contributed by atoms with van der Waals surface area (Å²) in [5.41, 5.74) is 0. The minimum atomic E-state index is -0.243. The standard InChI is InChI=1S/C8H11N3O2/c12-7(10-6-2-1-3-6)11-8-9-4-5-13-8/h4-6H,1-3H2,(H2,9,10,11,12). The smallest absolute Gasteiger partial charge is 0.323 e. The van der Waals surface area contributed by atoms with Gasteiger partial charge in [-0.1, -0.05) is 0 Å². The molecule has 1 aliphatic rings. The average Bonchev–Trinajstić information content (AvgIpc) is 2.49. The average molecular weight is 181 g/mol. The Balaban J connectivity index is 1.78. The van der Waals surface area contributed by atoms with Gasteiger partial charge >= 0.3 is 12.0 Å². The van der Waals surface area contributed by atoms with Gasteiger partial charge in [-0.05, 0) is 19.3 Å². The first kappa shape index (κ1) is 8.10. The van der Waals surface area contributed by atoms with E-state index in [9.17, 15) is 4.79 Å². The summed E-state index contributed by atoms with van der Waals surface area (Å²) in [6.45, 7) is 0. The first-order valence-corrected chi connectivity index (χ1v) is 4.31. The maximum atomic E-state index is 11.2. The molecule has 0 atom stereocenters. The lowest BCUT2D eigenvalue weighted by molar-refractivity contribution is 0.239. The van der Waals surface area contributed by atoms with Crippen molar-refractivity contribution in [1.29, 1.82) is 0 Å². The molecule has 1 fully saturated rings. The van der Waals surface area contributed by atoms with Crippen LogP contribution in [-0.4, -0.2) is 17.1 Å². The highest BCUT2D eigenvalue weighted by atomic mass is 16.4. The topological polar surface area (TPSA) is 67.2 Å². The summed E-state index contributed by atoms with van der Waals surface area (Å²) >= 11 is 0. The second kappa shape index (κ2) is 3.47. The minimum absolute atomic E-state index is 0.233. The Morgan fingerprint density at radius 1 is 1.62 bits per heavy atom. The Morgan fingerprint density at radius 3 is 3.00 bits per heavy atom. The van der Waals surface area contributed by atoms with Crippen molar-refractivity contribution in [2.24, 2.45) is 0 Å². The van der Waals surface area contributed by atoms with Gasteiger partial charge in [0.15, 0.2) is 0 Å². The van der Waals surface area contributed by atoms with Crippen molar-refractivity contribution in [2.45, 2.75) is 25.3 Å². The second-order valence-electron chi connectivity index (χ2n) is 3.06. The number of amides is 2. The van der Waals surface area contributed by atoms with E-state index in [1.165, 1.54) is 18.9 Å². The maximum Gasteiger partial charge on any atom is 0.323 e. The van der Waals surface area contributed by atoms with Gasteiger partial charge in [0.05, 0.1) is 6.20 Å². The zero-order chi connectivity index (χ0) is 9.10. The number of rotatable bonds is 2. The number of nitrogens with zero attached hydrogens (tertiary/aromatic N) is 1. The Kier molecular flexibility index (Phi) is 2.16. The summed E-state index contributed by atoms with van der Waals surface area (Å²) in [6.07, 6.45) is 6.24. The van der Waals surface area contributed by atoms with Crippen LogP contribution < -0.4 is 10.6 Å². The molecule has 2 N–H and O–H groups in total. The quantitative estimate of drug-likeness (QED) is 0.723. The lowest BCUT2D eigenvalue weighted by atomic mass is 9.93. The highest BCUT2D eigenvalue weighted by Crippen LogP contribution is 2.17. The summed E-state index contributed by atoms with van der Waals surface area (Å²) < 4.78 is 4.85. The van der Waals surface area contributed by atoms with Crippen molar-refractivity contribution in [1.82, 2.24) is 10.3 Å². The largest absolute Gasteiger partial charge is 0.432 e. The molecule has 2 amide bonds. The molecular formula is C8H11N3O2. The van der Waals surface area contributed by atoms with E-state index in [-0.39, 0.29) is 12.0 Å². The third-order valence-electron chi connectivity index (χ3n) is 2.09. The number of nitrogens with one attached hydrogen (secondary N) is 2. The summed E-state index contributed by atoms with van der Waals surface area (Å²) in [5.74, 6) is 0. The molecule has 0 spiro atoms. The molecule has 70 valence electrons. The number of hydrogen-bond donors (Lipinski definition) is 2. The molecule has 0 saturated heterocycles. The van der Waals surface area contributed by atoms with Gasteiger partial charge in [0, 0.05) is 6.04 Å². The lowest BCUT2D eigenvalue weighted by Crippen LogP contribution is -2.41. The first-order valence-electron chi connectivity index (χ1n) is 4.31. The Labute approximate surface area is 75.5 Å². The molecule has 2 rings (SSSR count). The summed E-state index contributed by atoms with van der Waals surface area (Å²) in [5, 5.41) is 5.30. The van der Waals surface area contributed by atoms with Crippen molar-refractivity contribution in [3.63, 3.8) is 0 Å². The fourth-order valence-electron chi connectivity index (χ4n) is 1.16. The number of hydrogen-bond acceptors (Lipinski definition) is 3. The molecule has 1 aromatic rings. The highest BCUT2D eigenvalue weighted by Gasteiger charge is 2.19. The number of oxazole rings is 1. The van der Waals surface area contributed by atoms with Crippen LogP contribution in [0.25, 0.3) is 0 Å². The summed E-state index contributed by atoms with van der Waals surface area (Å²) in [6, 6.07) is 0.318. The number of aromatic nitrogens is 1. The van der Waals surface area contributed by atoms with Crippen LogP contribution in [0, 0.1) is 0 Å². The van der Waals surface area contributed by atoms with Gasteiger partial charge in [-0.25, -0.2) is 9.78 Å². The molecule has 1 aliphatic carbocycles. The molecular weight excluding hydrogens is 170 g/mol. The fourth-order valence-corrected chi connectivity index (χ4v) is 1.16. The van der Waals surface area contributed by atoms with E-state index in [1.807, 2.05) is 0 Å². The molecule has 1 heterocycles. The van der Waals surface area contributed by atoms with Crippen LogP contribution in [0.15, 0.2) is 16.9 Å². The zero-order valence-electron chi connectivity index (χ0n) is 7.12. The van der Waals surface area contributed by atoms with Gasteiger partial charge in [-0.2, -0.15) is 0 Å². The molecule has 0 aromatic carbocycles. The Morgan fingerprint density at radius 2 is 2.46 bits per heavy atom. The van der Waals surface area contributed by atoms with Crippen molar-refractivity contribution in [3.8, 4) is 0 Å². The van der Waals surface area contributed by atoms with Crippen molar-refractivity contribution >= 4 is 12.0 Å². The first-order chi connectivity index (χ1) is 6.34. The number of carbonyl (C=O) groups excluding carboxylic acids is 1. The summed E-state index contributed by atoms with van der Waals surface area (Å²) in [7, 11) is 0. The molecule has 0 bridgehead atoms. The molecule has 5 heteroatoms. The molecule has 13 heavy (non-hydrogen) atoms. The van der Waals surface area contributed by atoms with E-state index in [0.29, 0.717) is 6.04 Å². The second-order valence-corrected chi connectivity index (χ2v) is 3.06. The van der Waals surface area contributed by atoms with Gasteiger partial charge in [0.25, 0.3) is 0 Å². The van der Waals surface area contributed by atoms with Gasteiger partial charge < -0.3 is 9.73 Å². The normalized spacial score (nSPS) is 16.3. The van der Waals surface area contributed by atoms with E-state index in [0.717, 1.165) is 12.8 Å². The molecule has 5 nitrogen and oxygen atoms in total. The fraction of sp³-hybridized carbons (Fsp3) is 0.500. The monoisotopic (exact) mass is 181 g/mol. The minimum Gasteiger partial charge on any atom is -0.432 e. The third kappa shape index (κ3) is 1.99. The molecule has 0 radical (unpaired) electrons. The van der Waals surface area contributed by atoms with Crippen LogP contribution in [0.3, 0.4) is 0 Å². The van der Waals surface area contributed by atoms with Gasteiger partial charge in [0.1, 0.15) is 6.26 Å². The number of anilines is 1. The zero-order valence-corrected chi connectivity index (χ0v) is 7.12. The molecule has 1 aromatic heterocycles. The van der Waals surface area contributed by atoms with Crippen molar-refractivity contribution in [3.05, 3.63) is 12.5 Å². The number of carbonyl (C=O) groups is 1. The Bertz CT molecular complexity index is 280. The predicted octanol–water partition coefficient (Wildman–Crippen LogP) is 1.35. The molecule has 0 unspecified atom stereocenters. The van der Waals surface area contributed by atoms with Crippen LogP contribution in [0.4, 0.5) is 10.8 Å². The van der Waals surface area contributed by atoms with E-state index in [2.05, 4.69) is 15.6 Å². The molecule has 1 saturated carbocycles. The lowest BCUT2D eigenvalue weighted by Gasteiger charge is -2.25. The highest BCUT2D eigenvalue weighted by molar-refractivity contribution is 5.87.